The molecule has 0 saturated carbocycles. The SMILES string of the molecule is Cc1ccc2c(c1)C(=O)N(CC(=O)NC(C)c1ccc3ccccc3c1)C2=O. The van der Waals surface area contributed by atoms with Crippen LogP contribution < -0.4 is 5.32 Å². The van der Waals surface area contributed by atoms with Gasteiger partial charge in [0.25, 0.3) is 11.8 Å². The van der Waals surface area contributed by atoms with Crippen molar-refractivity contribution < 1.29 is 14.4 Å². The lowest BCUT2D eigenvalue weighted by atomic mass is 10.0. The second-order valence-corrected chi connectivity index (χ2v) is 7.14. The van der Waals surface area contributed by atoms with Gasteiger partial charge < -0.3 is 5.32 Å². The Kier molecular flexibility index (Phi) is 4.43. The monoisotopic (exact) mass is 372 g/mol. The summed E-state index contributed by atoms with van der Waals surface area (Å²) in [6.07, 6.45) is 0. The summed E-state index contributed by atoms with van der Waals surface area (Å²) < 4.78 is 0. The maximum atomic E-state index is 12.5. The number of nitrogens with one attached hydrogen (secondary N) is 1. The Balaban J connectivity index is 1.47. The van der Waals surface area contributed by atoms with Crippen LogP contribution in [0.5, 0.6) is 0 Å². The zero-order valence-electron chi connectivity index (χ0n) is 15.7. The molecule has 1 N–H and O–H groups in total. The van der Waals surface area contributed by atoms with Crippen molar-refractivity contribution in [3.8, 4) is 0 Å². The molecule has 28 heavy (non-hydrogen) atoms. The minimum Gasteiger partial charge on any atom is -0.348 e. The van der Waals surface area contributed by atoms with E-state index in [1.807, 2.05) is 56.3 Å². The molecule has 0 fully saturated rings. The molecule has 3 amide bonds. The van der Waals surface area contributed by atoms with Crippen molar-refractivity contribution in [2.45, 2.75) is 19.9 Å². The molecule has 4 rings (SSSR count). The van der Waals surface area contributed by atoms with Gasteiger partial charge in [0.15, 0.2) is 0 Å². The lowest BCUT2D eigenvalue weighted by Gasteiger charge is -2.18. The summed E-state index contributed by atoms with van der Waals surface area (Å²) in [6.45, 7) is 3.45. The smallest absolute Gasteiger partial charge is 0.262 e. The van der Waals surface area contributed by atoms with Gasteiger partial charge in [-0.05, 0) is 48.4 Å². The van der Waals surface area contributed by atoms with Crippen molar-refractivity contribution in [3.63, 3.8) is 0 Å². The quantitative estimate of drug-likeness (QED) is 0.712. The number of imide groups is 1. The first-order valence-corrected chi connectivity index (χ1v) is 9.19. The Morgan fingerprint density at radius 3 is 2.43 bits per heavy atom. The summed E-state index contributed by atoms with van der Waals surface area (Å²) in [5, 5.41) is 5.11. The molecule has 0 aliphatic carbocycles. The second kappa shape index (κ2) is 6.93. The number of fused-ring (bicyclic) bond motifs is 2. The van der Waals surface area contributed by atoms with Gasteiger partial charge in [-0.1, -0.05) is 48.0 Å². The van der Waals surface area contributed by atoms with E-state index in [-0.39, 0.29) is 18.5 Å². The molecular formula is C23H20N2O3. The summed E-state index contributed by atoms with van der Waals surface area (Å²) in [5.74, 6) is -1.21. The molecule has 0 bridgehead atoms. The number of rotatable bonds is 4. The van der Waals surface area contributed by atoms with E-state index in [2.05, 4.69) is 5.32 Å². The minimum atomic E-state index is -0.423. The normalized spacial score (nSPS) is 14.3. The summed E-state index contributed by atoms with van der Waals surface area (Å²) in [6, 6.07) is 18.9. The van der Waals surface area contributed by atoms with Gasteiger partial charge in [-0.25, -0.2) is 0 Å². The lowest BCUT2D eigenvalue weighted by molar-refractivity contribution is -0.122. The fraction of sp³-hybridized carbons (Fsp3) is 0.174. The Hall–Kier alpha value is -3.47. The fourth-order valence-electron chi connectivity index (χ4n) is 3.54. The highest BCUT2D eigenvalue weighted by Gasteiger charge is 2.36. The Morgan fingerprint density at radius 2 is 1.64 bits per heavy atom. The fourth-order valence-corrected chi connectivity index (χ4v) is 3.54. The predicted octanol–water partition coefficient (Wildman–Crippen LogP) is 3.62. The third-order valence-corrected chi connectivity index (χ3v) is 5.08. The van der Waals surface area contributed by atoms with Crippen LogP contribution in [0, 0.1) is 6.92 Å². The van der Waals surface area contributed by atoms with E-state index in [1.54, 1.807) is 18.2 Å². The molecule has 3 aromatic carbocycles. The van der Waals surface area contributed by atoms with Gasteiger partial charge in [0, 0.05) is 0 Å². The summed E-state index contributed by atoms with van der Waals surface area (Å²) in [5.41, 5.74) is 2.58. The first-order chi connectivity index (χ1) is 13.4. The third-order valence-electron chi connectivity index (χ3n) is 5.08. The van der Waals surface area contributed by atoms with Gasteiger partial charge in [0.1, 0.15) is 6.54 Å². The summed E-state index contributed by atoms with van der Waals surface area (Å²) in [7, 11) is 0. The van der Waals surface area contributed by atoms with E-state index in [4.69, 9.17) is 0 Å². The Bertz CT molecular complexity index is 1120. The molecule has 0 radical (unpaired) electrons. The molecule has 5 heteroatoms. The van der Waals surface area contributed by atoms with E-state index in [0.717, 1.165) is 26.8 Å². The van der Waals surface area contributed by atoms with Crippen LogP contribution in [0.3, 0.4) is 0 Å². The molecule has 0 saturated heterocycles. The molecule has 140 valence electrons. The minimum absolute atomic E-state index is 0.241. The summed E-state index contributed by atoms with van der Waals surface area (Å²) >= 11 is 0. The summed E-state index contributed by atoms with van der Waals surface area (Å²) in [4.78, 5) is 38.5. The van der Waals surface area contributed by atoms with Crippen LogP contribution in [-0.2, 0) is 4.79 Å². The van der Waals surface area contributed by atoms with Crippen molar-refractivity contribution in [3.05, 3.63) is 82.9 Å². The van der Waals surface area contributed by atoms with Gasteiger partial charge in [0.2, 0.25) is 5.91 Å². The third kappa shape index (κ3) is 3.16. The van der Waals surface area contributed by atoms with Crippen LogP contribution in [0.15, 0.2) is 60.7 Å². The molecule has 1 heterocycles. The van der Waals surface area contributed by atoms with Crippen LogP contribution in [0.2, 0.25) is 0 Å². The standard InChI is InChI=1S/C23H20N2O3/c1-14-7-10-19-20(11-14)23(28)25(22(19)27)13-21(26)24-15(2)17-9-8-16-5-3-4-6-18(16)12-17/h3-12,15H,13H2,1-2H3,(H,24,26). The number of amides is 3. The largest absolute Gasteiger partial charge is 0.348 e. The van der Waals surface area contributed by atoms with Gasteiger partial charge in [0.05, 0.1) is 17.2 Å². The number of nitrogens with zero attached hydrogens (tertiary/aromatic N) is 1. The number of hydrogen-bond donors (Lipinski definition) is 1. The van der Waals surface area contributed by atoms with E-state index in [9.17, 15) is 14.4 Å². The van der Waals surface area contributed by atoms with Crippen LogP contribution >= 0.6 is 0 Å². The molecule has 0 spiro atoms. The number of benzene rings is 3. The average Bonchev–Trinajstić information content (AvgIpc) is 2.91. The van der Waals surface area contributed by atoms with Crippen LogP contribution in [0.1, 0.15) is 44.8 Å². The van der Waals surface area contributed by atoms with Crippen molar-refractivity contribution in [1.82, 2.24) is 10.2 Å². The number of carbonyl (C=O) groups is 3. The van der Waals surface area contributed by atoms with E-state index < -0.39 is 11.8 Å². The number of aryl methyl sites for hydroxylation is 1. The van der Waals surface area contributed by atoms with Gasteiger partial charge in [-0.3, -0.25) is 19.3 Å². The molecule has 5 nitrogen and oxygen atoms in total. The van der Waals surface area contributed by atoms with Gasteiger partial charge >= 0.3 is 0 Å². The van der Waals surface area contributed by atoms with Gasteiger partial charge in [-0.15, -0.1) is 0 Å². The Morgan fingerprint density at radius 1 is 0.929 bits per heavy atom. The van der Waals surface area contributed by atoms with Crippen molar-refractivity contribution >= 4 is 28.5 Å². The zero-order chi connectivity index (χ0) is 19.8. The average molecular weight is 372 g/mol. The van der Waals surface area contributed by atoms with Crippen LogP contribution in [0.25, 0.3) is 10.8 Å². The maximum Gasteiger partial charge on any atom is 0.262 e. The van der Waals surface area contributed by atoms with Crippen molar-refractivity contribution in [2.75, 3.05) is 6.54 Å². The molecular weight excluding hydrogens is 352 g/mol. The first kappa shape index (κ1) is 17.9. The van der Waals surface area contributed by atoms with Crippen LogP contribution in [0.4, 0.5) is 0 Å². The maximum absolute atomic E-state index is 12.5. The highest BCUT2D eigenvalue weighted by molar-refractivity contribution is 6.22. The zero-order valence-corrected chi connectivity index (χ0v) is 15.7. The highest BCUT2D eigenvalue weighted by Crippen LogP contribution is 2.24. The van der Waals surface area contributed by atoms with E-state index in [1.165, 1.54) is 0 Å². The number of hydrogen-bond acceptors (Lipinski definition) is 3. The predicted molar refractivity (Wildman–Crippen MR) is 107 cm³/mol. The van der Waals surface area contributed by atoms with E-state index in [0.29, 0.717) is 11.1 Å². The first-order valence-electron chi connectivity index (χ1n) is 9.19. The Labute approximate surface area is 163 Å². The van der Waals surface area contributed by atoms with Crippen LogP contribution in [-0.4, -0.2) is 29.2 Å². The van der Waals surface area contributed by atoms with Crippen molar-refractivity contribution in [1.29, 1.82) is 0 Å². The molecule has 1 unspecified atom stereocenters. The number of carbonyl (C=O) groups excluding carboxylic acids is 3. The highest BCUT2D eigenvalue weighted by atomic mass is 16.2. The molecule has 1 aliphatic rings. The molecule has 3 aromatic rings. The molecule has 1 aliphatic heterocycles. The molecule has 0 aromatic heterocycles. The second-order valence-electron chi connectivity index (χ2n) is 7.14. The van der Waals surface area contributed by atoms with Gasteiger partial charge in [-0.2, -0.15) is 0 Å². The van der Waals surface area contributed by atoms with Crippen molar-refractivity contribution in [2.24, 2.45) is 0 Å². The topological polar surface area (TPSA) is 66.5 Å². The lowest BCUT2D eigenvalue weighted by Crippen LogP contribution is -2.41. The van der Waals surface area contributed by atoms with E-state index >= 15 is 0 Å². The molecule has 1 atom stereocenters.